The second-order valence-electron chi connectivity index (χ2n) is 5.32. The van der Waals surface area contributed by atoms with E-state index in [-0.39, 0.29) is 50.2 Å². The molecule has 1 aromatic heterocycles. The molecule has 0 aliphatic rings. The summed E-state index contributed by atoms with van der Waals surface area (Å²) in [4.78, 5) is 18.8. The Morgan fingerprint density at radius 3 is 2.74 bits per heavy atom. The molecule has 8 nitrogen and oxygen atoms in total. The van der Waals surface area contributed by atoms with Gasteiger partial charge in [0.25, 0.3) is 5.56 Å². The Morgan fingerprint density at radius 2 is 2.07 bits per heavy atom. The first-order valence-corrected chi connectivity index (χ1v) is 8.29. The van der Waals surface area contributed by atoms with Crippen LogP contribution in [0.5, 0.6) is 0 Å². The van der Waals surface area contributed by atoms with E-state index in [0.29, 0.717) is 5.56 Å². The largest absolute Gasteiger partial charge is 0.394 e. The Bertz CT molecular complexity index is 862. The van der Waals surface area contributed by atoms with Crippen molar-refractivity contribution in [3.05, 3.63) is 51.4 Å². The molecule has 0 fully saturated rings. The molecule has 1 aromatic carbocycles. The summed E-state index contributed by atoms with van der Waals surface area (Å²) >= 11 is 5.71. The van der Waals surface area contributed by atoms with Gasteiger partial charge >= 0.3 is 0 Å². The van der Waals surface area contributed by atoms with Crippen molar-refractivity contribution in [2.24, 2.45) is 0 Å². The average molecular weight is 402 g/mol. The molecule has 0 atom stereocenters. The van der Waals surface area contributed by atoms with Gasteiger partial charge < -0.3 is 20.5 Å². The average Bonchev–Trinajstić information content (AvgIpc) is 2.63. The number of nitrogens with one attached hydrogen (secondary N) is 4. The molecule has 0 spiro atoms. The zero-order valence-corrected chi connectivity index (χ0v) is 14.9. The van der Waals surface area contributed by atoms with Gasteiger partial charge in [0, 0.05) is 13.1 Å². The van der Waals surface area contributed by atoms with Gasteiger partial charge in [-0.05, 0) is 17.7 Å². The van der Waals surface area contributed by atoms with Gasteiger partial charge in [0.2, 0.25) is 5.95 Å². The lowest BCUT2D eigenvalue weighted by molar-refractivity contribution is 0.0992. The third-order valence-corrected chi connectivity index (χ3v) is 3.53. The van der Waals surface area contributed by atoms with Crippen LogP contribution in [0.25, 0.3) is 0 Å². The van der Waals surface area contributed by atoms with E-state index in [0.717, 1.165) is 12.1 Å². The van der Waals surface area contributed by atoms with E-state index < -0.39 is 22.4 Å². The number of anilines is 2. The maximum atomic E-state index is 13.2. The van der Waals surface area contributed by atoms with E-state index in [2.05, 4.69) is 20.6 Å². The van der Waals surface area contributed by atoms with E-state index in [1.807, 2.05) is 0 Å². The quantitative estimate of drug-likeness (QED) is 0.305. The predicted octanol–water partition coefficient (Wildman–Crippen LogP) is 1.65. The number of benzene rings is 1. The fourth-order valence-corrected chi connectivity index (χ4v) is 2.27. The van der Waals surface area contributed by atoms with Crippen molar-refractivity contribution in [3.63, 3.8) is 0 Å². The van der Waals surface area contributed by atoms with Gasteiger partial charge in [0.1, 0.15) is 16.6 Å². The number of hydrogen-bond acceptors (Lipinski definition) is 7. The molecule has 5 N–H and O–H groups in total. The van der Waals surface area contributed by atoms with Crippen LogP contribution in [0.15, 0.2) is 23.0 Å². The molecular weight excluding hydrogens is 384 g/mol. The molecule has 0 unspecified atom stereocenters. The molecule has 0 radical (unpaired) electrons. The van der Waals surface area contributed by atoms with Crippen molar-refractivity contribution in [3.8, 4) is 0 Å². The van der Waals surface area contributed by atoms with Crippen molar-refractivity contribution in [2.75, 3.05) is 37.0 Å². The number of aromatic amines is 1. The highest BCUT2D eigenvalue weighted by molar-refractivity contribution is 6.68. The monoisotopic (exact) mass is 401 g/mol. The minimum absolute atomic E-state index is 0.000903. The molecule has 0 saturated heterocycles. The Balaban J connectivity index is 2.10. The highest BCUT2D eigenvalue weighted by Gasteiger charge is 2.14. The molecule has 0 saturated carbocycles. The smallest absolute Gasteiger partial charge is 0.276 e. The maximum Gasteiger partial charge on any atom is 0.276 e. The highest BCUT2D eigenvalue weighted by atomic mass is 35.5. The predicted molar refractivity (Wildman–Crippen MR) is 97.6 cm³/mol. The summed E-state index contributed by atoms with van der Waals surface area (Å²) < 4.78 is 31.3. The van der Waals surface area contributed by atoms with Crippen molar-refractivity contribution >= 4 is 28.4 Å². The van der Waals surface area contributed by atoms with E-state index in [1.54, 1.807) is 0 Å². The molecule has 2 rings (SSSR count). The minimum Gasteiger partial charge on any atom is -0.394 e. The zero-order chi connectivity index (χ0) is 19.8. The normalized spacial score (nSPS) is 10.7. The molecule has 1 heterocycles. The summed E-state index contributed by atoms with van der Waals surface area (Å²) in [7, 11) is 0. The molecule has 27 heavy (non-hydrogen) atoms. The lowest BCUT2D eigenvalue weighted by Crippen LogP contribution is -2.24. The fraction of sp³-hybridized carbons (Fsp3) is 0.312. The van der Waals surface area contributed by atoms with Crippen LogP contribution in [0.2, 0.25) is 0 Å². The van der Waals surface area contributed by atoms with E-state index in [1.165, 1.54) is 6.07 Å². The number of ether oxygens (including phenoxy) is 1. The van der Waals surface area contributed by atoms with Gasteiger partial charge in [-0.3, -0.25) is 15.2 Å². The van der Waals surface area contributed by atoms with Crippen LogP contribution >= 0.6 is 11.6 Å². The Labute approximate surface area is 158 Å². The molecule has 2 aromatic rings. The lowest BCUT2D eigenvalue weighted by atomic mass is 10.2. The number of aromatic nitrogens is 2. The highest BCUT2D eigenvalue weighted by Crippen LogP contribution is 2.14. The first-order chi connectivity index (χ1) is 12.9. The topological polar surface area (TPSA) is 123 Å². The third kappa shape index (κ3) is 5.98. The number of halogens is 3. The van der Waals surface area contributed by atoms with Crippen LogP contribution < -0.4 is 16.2 Å². The van der Waals surface area contributed by atoms with Crippen molar-refractivity contribution in [1.82, 2.24) is 9.97 Å². The number of aliphatic hydroxyl groups is 1. The number of nitrogens with zero attached hydrogens (tertiary/aromatic N) is 1. The number of aliphatic hydroxyl groups excluding tert-OH is 1. The standard InChI is InChI=1S/C16H18ClF2N5O3/c17-14(20)12-13(21-3-5-27-6-4-25)15(26)24-16(23-12)22-8-9-1-2-10(18)11(19)7-9/h1-2,7,20-21,25H,3-6,8H2,(H2,22,23,24,26). The molecule has 146 valence electrons. The second-order valence-corrected chi connectivity index (χ2v) is 5.69. The third-order valence-electron chi connectivity index (χ3n) is 3.36. The second kappa shape index (κ2) is 9.95. The molecule has 0 amide bonds. The van der Waals surface area contributed by atoms with Crippen LogP contribution in [0.4, 0.5) is 20.4 Å². The summed E-state index contributed by atoms with van der Waals surface area (Å²) in [6, 6.07) is 3.40. The van der Waals surface area contributed by atoms with E-state index in [9.17, 15) is 13.6 Å². The zero-order valence-electron chi connectivity index (χ0n) is 14.1. The Morgan fingerprint density at radius 1 is 1.30 bits per heavy atom. The summed E-state index contributed by atoms with van der Waals surface area (Å²) in [5.41, 5.74) is -0.209. The van der Waals surface area contributed by atoms with Crippen LogP contribution in [-0.4, -0.2) is 46.6 Å². The lowest BCUT2D eigenvalue weighted by Gasteiger charge is -2.12. The molecular formula is C16H18ClF2N5O3. The van der Waals surface area contributed by atoms with E-state index >= 15 is 0 Å². The minimum atomic E-state index is -0.984. The summed E-state index contributed by atoms with van der Waals surface area (Å²) in [5, 5.41) is 21.3. The summed E-state index contributed by atoms with van der Waals surface area (Å²) in [6.45, 7) is 0.588. The van der Waals surface area contributed by atoms with Gasteiger partial charge in [0.05, 0.1) is 19.8 Å². The van der Waals surface area contributed by atoms with Crippen LogP contribution in [-0.2, 0) is 11.3 Å². The van der Waals surface area contributed by atoms with Crippen molar-refractivity contribution in [1.29, 1.82) is 5.41 Å². The van der Waals surface area contributed by atoms with Gasteiger partial charge in [-0.25, -0.2) is 13.8 Å². The summed E-state index contributed by atoms with van der Waals surface area (Å²) in [6.07, 6.45) is 0. The SMILES string of the molecule is N=C(Cl)c1nc(NCc2ccc(F)c(F)c2)[nH]c(=O)c1NCCOCCO. The molecule has 11 heteroatoms. The van der Waals surface area contributed by atoms with Crippen LogP contribution in [0.3, 0.4) is 0 Å². The molecule has 0 aliphatic carbocycles. The first-order valence-electron chi connectivity index (χ1n) is 7.91. The molecule has 0 bridgehead atoms. The van der Waals surface area contributed by atoms with E-state index in [4.69, 9.17) is 26.9 Å². The Kier molecular flexibility index (Phi) is 7.65. The van der Waals surface area contributed by atoms with Crippen LogP contribution in [0, 0.1) is 17.0 Å². The number of rotatable bonds is 10. The van der Waals surface area contributed by atoms with Gasteiger partial charge in [-0.15, -0.1) is 0 Å². The number of H-pyrrole nitrogens is 1. The number of hydrogen-bond donors (Lipinski definition) is 5. The van der Waals surface area contributed by atoms with Gasteiger partial charge in [-0.2, -0.15) is 0 Å². The fourth-order valence-electron chi connectivity index (χ4n) is 2.13. The van der Waals surface area contributed by atoms with Crippen molar-refractivity contribution in [2.45, 2.75) is 6.54 Å². The summed E-state index contributed by atoms with van der Waals surface area (Å²) in [5.74, 6) is -1.92. The molecule has 0 aliphatic heterocycles. The van der Waals surface area contributed by atoms with Gasteiger partial charge in [-0.1, -0.05) is 17.7 Å². The Hall–Kier alpha value is -2.56. The van der Waals surface area contributed by atoms with Crippen molar-refractivity contribution < 1.29 is 18.6 Å². The van der Waals surface area contributed by atoms with Crippen LogP contribution in [0.1, 0.15) is 11.3 Å². The first kappa shape index (κ1) is 20.7. The van der Waals surface area contributed by atoms with Gasteiger partial charge in [0.15, 0.2) is 11.6 Å². The maximum absolute atomic E-state index is 13.2.